The van der Waals surface area contributed by atoms with E-state index in [4.69, 9.17) is 11.0 Å². The second kappa shape index (κ2) is 5.10. The Bertz CT molecular complexity index is 833. The zero-order valence-electron chi connectivity index (χ0n) is 11.9. The predicted octanol–water partition coefficient (Wildman–Crippen LogP) is 1.01. The van der Waals surface area contributed by atoms with Crippen LogP contribution in [0.15, 0.2) is 29.2 Å². The summed E-state index contributed by atoms with van der Waals surface area (Å²) < 4.78 is 27.9. The molecule has 8 heteroatoms. The van der Waals surface area contributed by atoms with Crippen LogP contribution in [0.4, 0.5) is 11.5 Å². The molecular weight excluding hydrogens is 290 g/mol. The first-order valence-electron chi connectivity index (χ1n) is 6.07. The second-order valence-corrected chi connectivity index (χ2v) is 6.46. The fourth-order valence-corrected chi connectivity index (χ4v) is 3.46. The van der Waals surface area contributed by atoms with Gasteiger partial charge in [0, 0.05) is 14.1 Å². The number of aryl methyl sites for hydroxylation is 1. The lowest BCUT2D eigenvalue weighted by atomic mass is 10.2. The lowest BCUT2D eigenvalue weighted by Crippen LogP contribution is -2.27. The van der Waals surface area contributed by atoms with Gasteiger partial charge in [0.1, 0.15) is 0 Å². The Labute approximate surface area is 123 Å². The molecule has 2 N–H and O–H groups in total. The van der Waals surface area contributed by atoms with E-state index in [0.717, 1.165) is 4.31 Å². The minimum Gasteiger partial charge on any atom is -0.381 e. The Kier molecular flexibility index (Phi) is 3.61. The number of aromatic nitrogens is 2. The minimum atomic E-state index is -3.84. The van der Waals surface area contributed by atoms with E-state index in [-0.39, 0.29) is 10.7 Å². The number of nitrogens with two attached hydrogens (primary N) is 1. The molecule has 0 atom stereocenters. The summed E-state index contributed by atoms with van der Waals surface area (Å²) in [5.41, 5.74) is 6.93. The average Bonchev–Trinajstić information content (AvgIpc) is 2.71. The molecule has 0 radical (unpaired) electrons. The monoisotopic (exact) mass is 305 g/mol. The highest BCUT2D eigenvalue weighted by molar-refractivity contribution is 7.93. The molecule has 0 aliphatic carbocycles. The summed E-state index contributed by atoms with van der Waals surface area (Å²) in [6.45, 7) is 1.63. The fraction of sp³-hybridized carbons (Fsp3) is 0.231. The van der Waals surface area contributed by atoms with Crippen molar-refractivity contribution in [1.29, 1.82) is 5.26 Å². The van der Waals surface area contributed by atoms with Gasteiger partial charge in [0.05, 0.1) is 23.0 Å². The Morgan fingerprint density at radius 1 is 1.43 bits per heavy atom. The Morgan fingerprint density at radius 3 is 2.62 bits per heavy atom. The van der Waals surface area contributed by atoms with E-state index in [0.29, 0.717) is 16.9 Å². The van der Waals surface area contributed by atoms with Crippen LogP contribution in [-0.4, -0.2) is 25.2 Å². The maximum atomic E-state index is 12.7. The maximum Gasteiger partial charge on any atom is 0.269 e. The number of rotatable bonds is 3. The fourth-order valence-electron chi connectivity index (χ4n) is 1.98. The molecule has 21 heavy (non-hydrogen) atoms. The van der Waals surface area contributed by atoms with Gasteiger partial charge in [0.25, 0.3) is 10.0 Å². The van der Waals surface area contributed by atoms with E-state index >= 15 is 0 Å². The third kappa shape index (κ3) is 2.43. The first kappa shape index (κ1) is 14.9. The van der Waals surface area contributed by atoms with E-state index in [1.165, 1.54) is 17.8 Å². The molecule has 0 fully saturated rings. The first-order chi connectivity index (χ1) is 9.78. The molecule has 110 valence electrons. The van der Waals surface area contributed by atoms with Gasteiger partial charge in [-0.15, -0.1) is 0 Å². The zero-order valence-corrected chi connectivity index (χ0v) is 12.7. The number of anilines is 2. The molecule has 1 heterocycles. The van der Waals surface area contributed by atoms with Crippen LogP contribution < -0.4 is 10.0 Å². The summed E-state index contributed by atoms with van der Waals surface area (Å²) in [6.07, 6.45) is 0. The topological polar surface area (TPSA) is 105 Å². The number of benzene rings is 1. The third-order valence-electron chi connectivity index (χ3n) is 3.26. The SMILES string of the molecule is Cc1c(S(=O)(=O)N(C)c2cccc(C#N)c2)c(N)nn1C. The van der Waals surface area contributed by atoms with Crippen molar-refractivity contribution in [1.82, 2.24) is 9.78 Å². The van der Waals surface area contributed by atoms with Crippen molar-refractivity contribution < 1.29 is 8.42 Å². The standard InChI is InChI=1S/C13H15N5O2S/c1-9-12(13(15)16-17(9)2)21(19,20)18(3)11-6-4-5-10(7-11)8-14/h4-7H,1-3H3,(H2,15,16). The molecule has 0 saturated heterocycles. The van der Waals surface area contributed by atoms with Crippen LogP contribution in [0.25, 0.3) is 0 Å². The average molecular weight is 305 g/mol. The van der Waals surface area contributed by atoms with Crippen LogP contribution in [0.1, 0.15) is 11.3 Å². The van der Waals surface area contributed by atoms with Crippen LogP contribution in [0.3, 0.4) is 0 Å². The van der Waals surface area contributed by atoms with Gasteiger partial charge in [-0.3, -0.25) is 8.99 Å². The zero-order chi connectivity index (χ0) is 15.8. The molecule has 0 aliphatic rings. The van der Waals surface area contributed by atoms with Gasteiger partial charge in [-0.05, 0) is 25.1 Å². The molecule has 0 saturated carbocycles. The molecule has 7 nitrogen and oxygen atoms in total. The lowest BCUT2D eigenvalue weighted by Gasteiger charge is -2.19. The molecule has 2 aromatic rings. The largest absolute Gasteiger partial charge is 0.381 e. The van der Waals surface area contributed by atoms with Crippen molar-refractivity contribution >= 4 is 21.5 Å². The van der Waals surface area contributed by atoms with Crippen molar-refractivity contribution in [2.24, 2.45) is 7.05 Å². The van der Waals surface area contributed by atoms with E-state index in [2.05, 4.69) is 5.10 Å². The number of hydrogen-bond acceptors (Lipinski definition) is 5. The summed E-state index contributed by atoms with van der Waals surface area (Å²) in [4.78, 5) is -0.0186. The molecule has 1 aromatic carbocycles. The third-order valence-corrected chi connectivity index (χ3v) is 5.21. The van der Waals surface area contributed by atoms with Gasteiger partial charge in [-0.25, -0.2) is 8.42 Å². The van der Waals surface area contributed by atoms with Gasteiger partial charge in [-0.1, -0.05) is 6.07 Å². The van der Waals surface area contributed by atoms with Crippen LogP contribution in [0, 0.1) is 18.3 Å². The Morgan fingerprint density at radius 2 is 2.10 bits per heavy atom. The molecular formula is C13H15N5O2S. The van der Waals surface area contributed by atoms with Gasteiger partial charge >= 0.3 is 0 Å². The molecule has 2 rings (SSSR count). The first-order valence-corrected chi connectivity index (χ1v) is 7.51. The number of hydrogen-bond donors (Lipinski definition) is 1. The number of sulfonamides is 1. The van der Waals surface area contributed by atoms with Crippen molar-refractivity contribution in [2.45, 2.75) is 11.8 Å². The van der Waals surface area contributed by atoms with Crippen LogP contribution in [0.5, 0.6) is 0 Å². The van der Waals surface area contributed by atoms with Gasteiger partial charge in [0.2, 0.25) is 0 Å². The highest BCUT2D eigenvalue weighted by atomic mass is 32.2. The quantitative estimate of drug-likeness (QED) is 0.911. The van der Waals surface area contributed by atoms with E-state index in [1.54, 1.807) is 32.2 Å². The van der Waals surface area contributed by atoms with Gasteiger partial charge < -0.3 is 5.73 Å². The molecule has 0 amide bonds. The molecule has 0 unspecified atom stereocenters. The highest BCUT2D eigenvalue weighted by Crippen LogP contribution is 2.28. The predicted molar refractivity (Wildman–Crippen MR) is 79.1 cm³/mol. The molecule has 0 bridgehead atoms. The van der Waals surface area contributed by atoms with Crippen molar-refractivity contribution in [2.75, 3.05) is 17.1 Å². The summed E-state index contributed by atoms with van der Waals surface area (Å²) in [5.74, 6) is -0.0433. The van der Waals surface area contributed by atoms with E-state index in [1.807, 2.05) is 6.07 Å². The molecule has 0 aliphatic heterocycles. The van der Waals surface area contributed by atoms with Gasteiger partial charge in [0.15, 0.2) is 10.7 Å². The lowest BCUT2D eigenvalue weighted by molar-refractivity contribution is 0.593. The Balaban J connectivity index is 2.56. The smallest absolute Gasteiger partial charge is 0.269 e. The van der Waals surface area contributed by atoms with Crippen LogP contribution in [0.2, 0.25) is 0 Å². The maximum absolute atomic E-state index is 12.7. The van der Waals surface area contributed by atoms with E-state index in [9.17, 15) is 8.42 Å². The number of nitriles is 1. The van der Waals surface area contributed by atoms with Crippen LogP contribution in [-0.2, 0) is 17.1 Å². The Hall–Kier alpha value is -2.53. The summed E-state index contributed by atoms with van der Waals surface area (Å²) >= 11 is 0. The van der Waals surface area contributed by atoms with Crippen molar-refractivity contribution in [3.8, 4) is 6.07 Å². The van der Waals surface area contributed by atoms with Crippen molar-refractivity contribution in [3.63, 3.8) is 0 Å². The second-order valence-electron chi connectivity index (χ2n) is 4.56. The van der Waals surface area contributed by atoms with Crippen LogP contribution >= 0.6 is 0 Å². The summed E-state index contributed by atoms with van der Waals surface area (Å²) in [7, 11) is -0.802. The minimum absolute atomic E-state index is 0.0186. The van der Waals surface area contributed by atoms with Gasteiger partial charge in [-0.2, -0.15) is 10.4 Å². The number of nitrogens with zero attached hydrogens (tertiary/aromatic N) is 4. The molecule has 0 spiro atoms. The number of nitrogen functional groups attached to an aromatic ring is 1. The summed E-state index contributed by atoms with van der Waals surface area (Å²) in [5, 5.41) is 12.8. The normalized spacial score (nSPS) is 11.1. The molecule has 1 aromatic heterocycles. The van der Waals surface area contributed by atoms with Crippen molar-refractivity contribution in [3.05, 3.63) is 35.5 Å². The summed E-state index contributed by atoms with van der Waals surface area (Å²) in [6, 6.07) is 8.32. The highest BCUT2D eigenvalue weighted by Gasteiger charge is 2.29. The van der Waals surface area contributed by atoms with E-state index < -0.39 is 10.0 Å².